The number of carbonyl (C=O) groups is 1. The molecule has 1 amide bonds. The molecule has 0 aromatic carbocycles. The summed E-state index contributed by atoms with van der Waals surface area (Å²) in [5, 5.41) is 7.28. The van der Waals surface area contributed by atoms with Crippen LogP contribution in [0.2, 0.25) is 0 Å². The van der Waals surface area contributed by atoms with Crippen molar-refractivity contribution in [2.75, 3.05) is 12.3 Å². The van der Waals surface area contributed by atoms with E-state index < -0.39 is 0 Å². The predicted molar refractivity (Wildman–Crippen MR) is 73.3 cm³/mol. The van der Waals surface area contributed by atoms with Gasteiger partial charge in [0.05, 0.1) is 5.92 Å². The molecule has 1 saturated carbocycles. The largest absolute Gasteiger partial charge is 0.352 e. The second-order valence-electron chi connectivity index (χ2n) is 5.18. The summed E-state index contributed by atoms with van der Waals surface area (Å²) in [6.45, 7) is 5.30. The summed E-state index contributed by atoms with van der Waals surface area (Å²) in [6.07, 6.45) is 4.69. The summed E-state index contributed by atoms with van der Waals surface area (Å²) in [4.78, 5) is 12.2. The summed E-state index contributed by atoms with van der Waals surface area (Å²) in [6, 6.07) is 0.758. The Balaban J connectivity index is 1.85. The molecule has 2 fully saturated rings. The highest BCUT2D eigenvalue weighted by molar-refractivity contribution is 7.99. The van der Waals surface area contributed by atoms with E-state index in [1.165, 1.54) is 12.8 Å². The van der Waals surface area contributed by atoms with Crippen molar-refractivity contribution in [3.8, 4) is 0 Å². The van der Waals surface area contributed by atoms with Crippen LogP contribution in [0.15, 0.2) is 0 Å². The van der Waals surface area contributed by atoms with Crippen LogP contribution in [-0.2, 0) is 4.79 Å². The van der Waals surface area contributed by atoms with E-state index in [4.69, 9.17) is 0 Å². The van der Waals surface area contributed by atoms with E-state index >= 15 is 0 Å². The van der Waals surface area contributed by atoms with Gasteiger partial charge in [-0.25, -0.2) is 0 Å². The zero-order valence-electron chi connectivity index (χ0n) is 10.9. The summed E-state index contributed by atoms with van der Waals surface area (Å²) in [5.74, 6) is 1.61. The minimum Gasteiger partial charge on any atom is -0.352 e. The van der Waals surface area contributed by atoms with Gasteiger partial charge < -0.3 is 10.6 Å². The summed E-state index contributed by atoms with van der Waals surface area (Å²) < 4.78 is 0. The van der Waals surface area contributed by atoms with Gasteiger partial charge in [-0.2, -0.15) is 11.8 Å². The molecule has 0 aromatic heterocycles. The molecule has 98 valence electrons. The first-order valence-electron chi connectivity index (χ1n) is 6.87. The Bertz CT molecular complexity index is 272. The SMILES string of the molecule is CCSC1CCCC1NC(=O)C1CCNC1C. The lowest BCUT2D eigenvalue weighted by molar-refractivity contribution is -0.125. The van der Waals surface area contributed by atoms with Crippen LogP contribution in [0.1, 0.15) is 39.5 Å². The third-order valence-electron chi connectivity index (χ3n) is 4.02. The predicted octanol–water partition coefficient (Wildman–Crippen LogP) is 1.77. The van der Waals surface area contributed by atoms with Crippen molar-refractivity contribution in [1.82, 2.24) is 10.6 Å². The average Bonchev–Trinajstić information content (AvgIpc) is 2.89. The highest BCUT2D eigenvalue weighted by atomic mass is 32.2. The van der Waals surface area contributed by atoms with Crippen LogP contribution in [-0.4, -0.2) is 35.5 Å². The zero-order valence-corrected chi connectivity index (χ0v) is 11.7. The van der Waals surface area contributed by atoms with Gasteiger partial charge in [-0.05, 0) is 38.5 Å². The van der Waals surface area contributed by atoms with E-state index in [0.717, 1.165) is 25.1 Å². The minimum atomic E-state index is 0.183. The van der Waals surface area contributed by atoms with Crippen molar-refractivity contribution in [2.24, 2.45) is 5.92 Å². The molecule has 0 aromatic rings. The first-order valence-corrected chi connectivity index (χ1v) is 7.92. The Morgan fingerprint density at radius 3 is 2.88 bits per heavy atom. The molecule has 0 radical (unpaired) electrons. The van der Waals surface area contributed by atoms with Crippen LogP contribution in [0.25, 0.3) is 0 Å². The van der Waals surface area contributed by atoms with Gasteiger partial charge in [0.2, 0.25) is 5.91 Å². The van der Waals surface area contributed by atoms with Gasteiger partial charge in [0.25, 0.3) is 0 Å². The Kier molecular flexibility index (Phi) is 4.74. The topological polar surface area (TPSA) is 41.1 Å². The molecule has 4 unspecified atom stereocenters. The summed E-state index contributed by atoms with van der Waals surface area (Å²) >= 11 is 2.00. The number of hydrogen-bond acceptors (Lipinski definition) is 3. The van der Waals surface area contributed by atoms with Gasteiger partial charge in [0, 0.05) is 17.3 Å². The van der Waals surface area contributed by atoms with Crippen molar-refractivity contribution in [3.63, 3.8) is 0 Å². The van der Waals surface area contributed by atoms with Crippen molar-refractivity contribution >= 4 is 17.7 Å². The molecule has 1 heterocycles. The monoisotopic (exact) mass is 256 g/mol. The molecule has 2 rings (SSSR count). The molecule has 1 aliphatic carbocycles. The van der Waals surface area contributed by atoms with Crippen LogP contribution in [0.3, 0.4) is 0 Å². The second-order valence-corrected chi connectivity index (χ2v) is 6.69. The third-order valence-corrected chi connectivity index (χ3v) is 5.35. The maximum Gasteiger partial charge on any atom is 0.224 e. The van der Waals surface area contributed by atoms with Crippen molar-refractivity contribution < 1.29 is 4.79 Å². The lowest BCUT2D eigenvalue weighted by Gasteiger charge is -2.23. The summed E-state index contributed by atoms with van der Waals surface area (Å²) in [5.41, 5.74) is 0. The Morgan fingerprint density at radius 2 is 2.24 bits per heavy atom. The van der Waals surface area contributed by atoms with Crippen LogP contribution in [0.4, 0.5) is 0 Å². The van der Waals surface area contributed by atoms with Gasteiger partial charge in [-0.1, -0.05) is 13.3 Å². The number of rotatable bonds is 4. The number of carbonyl (C=O) groups excluding carboxylic acids is 1. The molecular formula is C13H24N2OS. The fourth-order valence-corrected chi connectivity index (χ4v) is 4.21. The van der Waals surface area contributed by atoms with E-state index in [9.17, 15) is 4.79 Å². The van der Waals surface area contributed by atoms with Gasteiger partial charge >= 0.3 is 0 Å². The van der Waals surface area contributed by atoms with Crippen LogP contribution < -0.4 is 10.6 Å². The first-order chi connectivity index (χ1) is 8.22. The molecule has 4 atom stereocenters. The highest BCUT2D eigenvalue weighted by Gasteiger charge is 2.34. The van der Waals surface area contributed by atoms with Crippen molar-refractivity contribution in [1.29, 1.82) is 0 Å². The number of hydrogen-bond donors (Lipinski definition) is 2. The molecule has 1 aliphatic heterocycles. The van der Waals surface area contributed by atoms with Crippen molar-refractivity contribution in [2.45, 2.75) is 56.9 Å². The summed E-state index contributed by atoms with van der Waals surface area (Å²) in [7, 11) is 0. The molecule has 2 N–H and O–H groups in total. The second kappa shape index (κ2) is 6.10. The van der Waals surface area contributed by atoms with Gasteiger partial charge in [-0.3, -0.25) is 4.79 Å². The molecule has 2 aliphatic rings. The first kappa shape index (κ1) is 13.2. The fourth-order valence-electron chi connectivity index (χ4n) is 3.01. The van der Waals surface area contributed by atoms with Crippen LogP contribution in [0.5, 0.6) is 0 Å². The van der Waals surface area contributed by atoms with E-state index in [0.29, 0.717) is 17.3 Å². The standard InChI is InChI=1S/C13H24N2OS/c1-3-17-12-6-4-5-11(12)15-13(16)10-7-8-14-9(10)2/h9-12,14H,3-8H2,1-2H3,(H,15,16). The molecule has 1 saturated heterocycles. The van der Waals surface area contributed by atoms with E-state index in [2.05, 4.69) is 24.5 Å². The Morgan fingerprint density at radius 1 is 1.41 bits per heavy atom. The Labute approximate surface area is 108 Å². The van der Waals surface area contributed by atoms with Crippen LogP contribution >= 0.6 is 11.8 Å². The molecule has 4 heteroatoms. The number of amides is 1. The van der Waals surface area contributed by atoms with Gasteiger partial charge in [0.1, 0.15) is 0 Å². The van der Waals surface area contributed by atoms with E-state index in [-0.39, 0.29) is 11.8 Å². The fraction of sp³-hybridized carbons (Fsp3) is 0.923. The van der Waals surface area contributed by atoms with Crippen molar-refractivity contribution in [3.05, 3.63) is 0 Å². The normalized spacial score (nSPS) is 37.3. The maximum atomic E-state index is 12.2. The van der Waals surface area contributed by atoms with E-state index in [1.807, 2.05) is 11.8 Å². The van der Waals surface area contributed by atoms with Crippen LogP contribution in [0, 0.1) is 5.92 Å². The lowest BCUT2D eigenvalue weighted by Crippen LogP contribution is -2.44. The molecule has 17 heavy (non-hydrogen) atoms. The quantitative estimate of drug-likeness (QED) is 0.805. The molecule has 3 nitrogen and oxygen atoms in total. The Hall–Kier alpha value is -0.220. The maximum absolute atomic E-state index is 12.2. The minimum absolute atomic E-state index is 0.183. The lowest BCUT2D eigenvalue weighted by atomic mass is 10.0. The zero-order chi connectivity index (χ0) is 12.3. The molecule has 0 spiro atoms. The van der Waals surface area contributed by atoms with E-state index in [1.54, 1.807) is 0 Å². The average molecular weight is 256 g/mol. The number of nitrogens with one attached hydrogen (secondary N) is 2. The van der Waals surface area contributed by atoms with Gasteiger partial charge in [0.15, 0.2) is 0 Å². The smallest absolute Gasteiger partial charge is 0.224 e. The third kappa shape index (κ3) is 3.16. The number of thioether (sulfide) groups is 1. The highest BCUT2D eigenvalue weighted by Crippen LogP contribution is 2.30. The van der Waals surface area contributed by atoms with Gasteiger partial charge in [-0.15, -0.1) is 0 Å². The molecular weight excluding hydrogens is 232 g/mol. The molecule has 0 bridgehead atoms.